The summed E-state index contributed by atoms with van der Waals surface area (Å²) in [5.41, 5.74) is 4.24. The van der Waals surface area contributed by atoms with Gasteiger partial charge in [-0.2, -0.15) is 0 Å². The Hall–Kier alpha value is -4.32. The summed E-state index contributed by atoms with van der Waals surface area (Å²) in [6.45, 7) is 5.05. The monoisotopic (exact) mass is 513 g/mol. The fraction of sp³-hybridized carbons (Fsp3) is 0.231. The molecular weight excluding hydrogens is 482 g/mol. The summed E-state index contributed by atoms with van der Waals surface area (Å²) in [5.74, 6) is 0.801. The average molecular weight is 514 g/mol. The summed E-state index contributed by atoms with van der Waals surface area (Å²) in [4.78, 5) is 40.7. The molecule has 0 aliphatic carbocycles. The van der Waals surface area contributed by atoms with E-state index in [2.05, 4.69) is 59.5 Å². The zero-order valence-electron chi connectivity index (χ0n) is 20.1. The smallest absolute Gasteiger partial charge is 0.328 e. The average Bonchev–Trinajstić information content (AvgIpc) is 2.85. The van der Waals surface area contributed by atoms with Crippen LogP contribution in [0.4, 0.5) is 0 Å². The van der Waals surface area contributed by atoms with E-state index in [1.165, 1.54) is 16.7 Å². The van der Waals surface area contributed by atoms with E-state index in [1.807, 2.05) is 5.01 Å². The quantitative estimate of drug-likeness (QED) is 0.256. The molecule has 2 aromatic carbocycles. The lowest BCUT2D eigenvalue weighted by Gasteiger charge is -2.32. The van der Waals surface area contributed by atoms with Gasteiger partial charge in [-0.3, -0.25) is 10.7 Å². The number of aliphatic carboxylic acids is 4. The van der Waals surface area contributed by atoms with Crippen molar-refractivity contribution in [2.45, 2.75) is 13.0 Å². The number of benzene rings is 2. The van der Waals surface area contributed by atoms with Crippen molar-refractivity contribution >= 4 is 23.9 Å². The normalized spacial score (nSPS) is 13.8. The van der Waals surface area contributed by atoms with Gasteiger partial charge in [-0.1, -0.05) is 54.6 Å². The van der Waals surface area contributed by atoms with Crippen LogP contribution in [0.2, 0.25) is 0 Å². The Labute approximate surface area is 214 Å². The van der Waals surface area contributed by atoms with E-state index in [4.69, 9.17) is 26.3 Å². The Bertz CT molecular complexity index is 1010. The van der Waals surface area contributed by atoms with E-state index >= 15 is 0 Å². The minimum atomic E-state index is -1.26. The number of hydrogen-bond donors (Lipinski definition) is 5. The molecule has 1 aliphatic rings. The van der Waals surface area contributed by atoms with Gasteiger partial charge in [-0.05, 0) is 23.1 Å². The highest BCUT2D eigenvalue weighted by Gasteiger charge is 2.15. The van der Waals surface area contributed by atoms with Crippen LogP contribution in [-0.2, 0) is 32.1 Å². The maximum atomic E-state index is 9.55. The molecule has 198 valence electrons. The van der Waals surface area contributed by atoms with Gasteiger partial charge < -0.3 is 20.4 Å². The standard InChI is InChI=1S/C18H23N3.2C4H4O4/c19-21-12-10-20(11-13-21)15-18-9-5-4-8-17(18)14-16-6-2-1-3-7-16;2*5-3(6)1-2-4(7)8/h1-9H,10-15,19H2;2*1-2H,(H,5,6)(H,7,8)/b;2*2-1+. The number of piperazine rings is 1. The van der Waals surface area contributed by atoms with E-state index in [-0.39, 0.29) is 0 Å². The SMILES string of the molecule is NN1CCN(Cc2ccccc2Cc2ccccc2)CC1.O=C(O)/C=C/C(=O)O.O=C(O)/C=C/C(=O)O. The van der Waals surface area contributed by atoms with Crippen LogP contribution >= 0.6 is 0 Å². The van der Waals surface area contributed by atoms with Gasteiger partial charge in [0.05, 0.1) is 0 Å². The lowest BCUT2D eigenvalue weighted by atomic mass is 9.99. The third-order valence-electron chi connectivity index (χ3n) is 4.89. The van der Waals surface area contributed by atoms with E-state index in [1.54, 1.807) is 0 Å². The molecule has 0 atom stereocenters. The van der Waals surface area contributed by atoms with Gasteiger partial charge >= 0.3 is 23.9 Å². The number of carbonyl (C=O) groups is 4. The Balaban J connectivity index is 0.000000355. The Kier molecular flexibility index (Phi) is 14.2. The molecule has 11 heteroatoms. The van der Waals surface area contributed by atoms with Crippen molar-refractivity contribution in [2.24, 2.45) is 5.84 Å². The fourth-order valence-corrected chi connectivity index (χ4v) is 3.15. The molecule has 6 N–H and O–H groups in total. The molecule has 0 aromatic heterocycles. The first-order valence-electron chi connectivity index (χ1n) is 11.2. The Morgan fingerprint density at radius 1 is 0.649 bits per heavy atom. The largest absolute Gasteiger partial charge is 0.478 e. The number of nitrogens with two attached hydrogens (primary N) is 1. The molecule has 1 heterocycles. The minimum Gasteiger partial charge on any atom is -0.478 e. The molecule has 1 aliphatic heterocycles. The summed E-state index contributed by atoms with van der Waals surface area (Å²) in [7, 11) is 0. The van der Waals surface area contributed by atoms with Gasteiger partial charge in [-0.15, -0.1) is 0 Å². The molecule has 1 saturated heterocycles. The predicted octanol–water partition coefficient (Wildman–Crippen LogP) is 1.69. The molecule has 37 heavy (non-hydrogen) atoms. The van der Waals surface area contributed by atoms with Crippen molar-refractivity contribution in [2.75, 3.05) is 26.2 Å². The molecule has 1 fully saturated rings. The second-order valence-corrected chi connectivity index (χ2v) is 7.76. The first-order chi connectivity index (χ1) is 17.6. The first-order valence-corrected chi connectivity index (χ1v) is 11.2. The number of hydrogen-bond acceptors (Lipinski definition) is 7. The van der Waals surface area contributed by atoms with E-state index in [9.17, 15) is 19.2 Å². The summed E-state index contributed by atoms with van der Waals surface area (Å²) in [5, 5.41) is 33.2. The Morgan fingerprint density at radius 3 is 1.49 bits per heavy atom. The molecule has 0 radical (unpaired) electrons. The highest BCUT2D eigenvalue weighted by molar-refractivity contribution is 5.90. The van der Waals surface area contributed by atoms with Crippen molar-refractivity contribution in [3.05, 3.63) is 95.6 Å². The molecule has 11 nitrogen and oxygen atoms in total. The molecule has 0 spiro atoms. The first kappa shape index (κ1) is 30.7. The molecule has 0 bridgehead atoms. The maximum absolute atomic E-state index is 9.55. The molecule has 2 aromatic rings. The van der Waals surface area contributed by atoms with Crippen LogP contribution in [0.15, 0.2) is 78.9 Å². The zero-order chi connectivity index (χ0) is 27.6. The van der Waals surface area contributed by atoms with E-state index < -0.39 is 23.9 Å². The molecule has 0 amide bonds. The summed E-state index contributed by atoms with van der Waals surface area (Å²) >= 11 is 0. The lowest BCUT2D eigenvalue weighted by molar-refractivity contribution is -0.134. The summed E-state index contributed by atoms with van der Waals surface area (Å²) in [6, 6.07) is 19.5. The highest BCUT2D eigenvalue weighted by atomic mass is 16.4. The van der Waals surface area contributed by atoms with Gasteiger partial charge in [0, 0.05) is 57.0 Å². The van der Waals surface area contributed by atoms with Crippen LogP contribution in [0.5, 0.6) is 0 Å². The summed E-state index contributed by atoms with van der Waals surface area (Å²) in [6.07, 6.45) is 3.24. The predicted molar refractivity (Wildman–Crippen MR) is 136 cm³/mol. The zero-order valence-corrected chi connectivity index (χ0v) is 20.1. The maximum Gasteiger partial charge on any atom is 0.328 e. The van der Waals surface area contributed by atoms with Crippen molar-refractivity contribution in [3.63, 3.8) is 0 Å². The van der Waals surface area contributed by atoms with Crippen molar-refractivity contribution in [3.8, 4) is 0 Å². The van der Waals surface area contributed by atoms with Crippen LogP contribution in [-0.4, -0.2) is 80.4 Å². The number of carboxylic acid groups (broad SMARTS) is 4. The number of hydrazine groups is 1. The Morgan fingerprint density at radius 2 is 1.05 bits per heavy atom. The minimum absolute atomic E-state index is 0.558. The number of carboxylic acids is 4. The third kappa shape index (κ3) is 15.3. The van der Waals surface area contributed by atoms with Crippen molar-refractivity contribution in [1.82, 2.24) is 9.91 Å². The van der Waals surface area contributed by atoms with Crippen LogP contribution < -0.4 is 5.84 Å². The van der Waals surface area contributed by atoms with Crippen molar-refractivity contribution in [1.29, 1.82) is 0 Å². The van der Waals surface area contributed by atoms with Gasteiger partial charge in [-0.25, -0.2) is 24.2 Å². The third-order valence-corrected chi connectivity index (χ3v) is 4.89. The van der Waals surface area contributed by atoms with Crippen LogP contribution in [0, 0.1) is 0 Å². The number of nitrogens with zero attached hydrogens (tertiary/aromatic N) is 2. The molecular formula is C26H31N3O8. The van der Waals surface area contributed by atoms with Crippen LogP contribution in [0.25, 0.3) is 0 Å². The number of rotatable bonds is 8. The van der Waals surface area contributed by atoms with E-state index in [0.717, 1.165) is 39.1 Å². The van der Waals surface area contributed by atoms with Gasteiger partial charge in [0.15, 0.2) is 0 Å². The van der Waals surface area contributed by atoms with Gasteiger partial charge in [0.1, 0.15) is 0 Å². The summed E-state index contributed by atoms with van der Waals surface area (Å²) < 4.78 is 0. The van der Waals surface area contributed by atoms with Gasteiger partial charge in [0.2, 0.25) is 0 Å². The fourth-order valence-electron chi connectivity index (χ4n) is 3.15. The molecule has 0 unspecified atom stereocenters. The van der Waals surface area contributed by atoms with E-state index in [0.29, 0.717) is 24.3 Å². The van der Waals surface area contributed by atoms with Gasteiger partial charge in [0.25, 0.3) is 0 Å². The second-order valence-electron chi connectivity index (χ2n) is 7.76. The molecule has 3 rings (SSSR count). The van der Waals surface area contributed by atoms with Crippen molar-refractivity contribution < 1.29 is 39.6 Å². The van der Waals surface area contributed by atoms with Crippen LogP contribution in [0.3, 0.4) is 0 Å². The highest BCUT2D eigenvalue weighted by Crippen LogP contribution is 2.17. The van der Waals surface area contributed by atoms with Crippen LogP contribution in [0.1, 0.15) is 16.7 Å². The topological polar surface area (TPSA) is 182 Å². The molecule has 0 saturated carbocycles. The second kappa shape index (κ2) is 17.2. The lowest BCUT2D eigenvalue weighted by Crippen LogP contribution is -2.48.